The van der Waals surface area contributed by atoms with Crippen LogP contribution in [0.3, 0.4) is 0 Å². The van der Waals surface area contributed by atoms with E-state index in [2.05, 4.69) is 51.5 Å². The van der Waals surface area contributed by atoms with Gasteiger partial charge in [-0.25, -0.2) is 14.6 Å². The van der Waals surface area contributed by atoms with E-state index >= 15 is 0 Å². The number of carbonyl (C=O) groups excluding carboxylic acids is 1. The Morgan fingerprint density at radius 2 is 1.82 bits per heavy atom. The summed E-state index contributed by atoms with van der Waals surface area (Å²) in [5.74, 6) is 0.544. The van der Waals surface area contributed by atoms with Crippen molar-refractivity contribution in [3.05, 3.63) is 41.7 Å². The van der Waals surface area contributed by atoms with Crippen LogP contribution in [0.25, 0.3) is 11.2 Å². The fourth-order valence-electron chi connectivity index (χ4n) is 3.39. The summed E-state index contributed by atoms with van der Waals surface area (Å²) in [4.78, 5) is 23.2. The van der Waals surface area contributed by atoms with Gasteiger partial charge in [0.25, 0.3) is 0 Å². The third kappa shape index (κ3) is 4.32. The van der Waals surface area contributed by atoms with E-state index < -0.39 is 0 Å². The van der Waals surface area contributed by atoms with Crippen molar-refractivity contribution in [1.29, 1.82) is 0 Å². The average molecular weight is 397 g/mol. The fourth-order valence-corrected chi connectivity index (χ4v) is 4.22. The van der Waals surface area contributed by atoms with Crippen LogP contribution in [0, 0.1) is 6.92 Å². The van der Waals surface area contributed by atoms with Crippen LogP contribution in [0.1, 0.15) is 36.8 Å². The fraction of sp³-hybridized carbons (Fsp3) is 0.450. The Morgan fingerprint density at radius 3 is 2.57 bits per heavy atom. The predicted molar refractivity (Wildman–Crippen MR) is 109 cm³/mol. The van der Waals surface area contributed by atoms with Crippen molar-refractivity contribution in [1.82, 2.24) is 29.9 Å². The second-order valence-electron chi connectivity index (χ2n) is 7.17. The van der Waals surface area contributed by atoms with Gasteiger partial charge in [-0.2, -0.15) is 0 Å². The van der Waals surface area contributed by atoms with Gasteiger partial charge >= 0.3 is 0 Å². The molecule has 0 aliphatic carbocycles. The minimum Gasteiger partial charge on any atom is -0.342 e. The van der Waals surface area contributed by atoms with Crippen molar-refractivity contribution in [2.24, 2.45) is 0 Å². The zero-order chi connectivity index (χ0) is 19.3. The molecule has 28 heavy (non-hydrogen) atoms. The summed E-state index contributed by atoms with van der Waals surface area (Å²) < 4.78 is 1.78. The minimum absolute atomic E-state index is 0.172. The first-order valence-corrected chi connectivity index (χ1v) is 10.7. The van der Waals surface area contributed by atoms with Gasteiger partial charge in [0.05, 0.1) is 12.3 Å². The van der Waals surface area contributed by atoms with E-state index in [0.717, 1.165) is 31.5 Å². The molecule has 0 spiro atoms. The summed E-state index contributed by atoms with van der Waals surface area (Å²) in [5, 5.41) is 9.25. The van der Waals surface area contributed by atoms with E-state index in [4.69, 9.17) is 0 Å². The first-order chi connectivity index (χ1) is 13.7. The van der Waals surface area contributed by atoms with Crippen molar-refractivity contribution in [2.75, 3.05) is 18.8 Å². The molecule has 3 heterocycles. The van der Waals surface area contributed by atoms with Crippen LogP contribution < -0.4 is 0 Å². The number of amides is 1. The molecule has 0 saturated carbocycles. The molecule has 0 atom stereocenters. The summed E-state index contributed by atoms with van der Waals surface area (Å²) in [6.45, 7) is 4.40. The van der Waals surface area contributed by atoms with Crippen molar-refractivity contribution in [3.8, 4) is 0 Å². The number of nitrogens with zero attached hydrogens (tertiary/aromatic N) is 6. The van der Waals surface area contributed by atoms with Crippen LogP contribution in [-0.4, -0.2) is 54.6 Å². The highest BCUT2D eigenvalue weighted by molar-refractivity contribution is 8.00. The Morgan fingerprint density at radius 1 is 1.07 bits per heavy atom. The van der Waals surface area contributed by atoms with Gasteiger partial charge in [-0.3, -0.25) is 4.79 Å². The quantitative estimate of drug-likeness (QED) is 0.487. The molecule has 1 fully saturated rings. The molecule has 2 aromatic heterocycles. The van der Waals surface area contributed by atoms with E-state index in [1.54, 1.807) is 4.68 Å². The first-order valence-electron chi connectivity index (χ1n) is 9.71. The molecule has 0 bridgehead atoms. The zero-order valence-electron chi connectivity index (χ0n) is 16.0. The maximum Gasteiger partial charge on any atom is 0.232 e. The highest BCUT2D eigenvalue weighted by atomic mass is 32.2. The molecule has 8 heteroatoms. The highest BCUT2D eigenvalue weighted by Crippen LogP contribution is 2.23. The molecule has 1 aliphatic rings. The summed E-state index contributed by atoms with van der Waals surface area (Å²) in [6.07, 6.45) is 6.15. The maximum atomic E-state index is 12.6. The van der Waals surface area contributed by atoms with Crippen LogP contribution in [0.15, 0.2) is 35.6 Å². The lowest BCUT2D eigenvalue weighted by atomic mass is 10.1. The van der Waals surface area contributed by atoms with Crippen molar-refractivity contribution >= 4 is 28.8 Å². The Bertz CT molecular complexity index is 947. The maximum absolute atomic E-state index is 12.6. The molecule has 0 radical (unpaired) electrons. The molecular weight excluding hydrogens is 372 g/mol. The molecule has 146 valence electrons. The number of hydrogen-bond acceptors (Lipinski definition) is 6. The van der Waals surface area contributed by atoms with Crippen LogP contribution in [-0.2, 0) is 11.3 Å². The molecular formula is C20H24N6OS. The van der Waals surface area contributed by atoms with E-state index in [-0.39, 0.29) is 5.91 Å². The normalized spacial score (nSPS) is 15.0. The molecule has 7 nitrogen and oxygen atoms in total. The van der Waals surface area contributed by atoms with Crippen LogP contribution in [0.2, 0.25) is 0 Å². The largest absolute Gasteiger partial charge is 0.342 e. The Kier molecular flexibility index (Phi) is 5.85. The summed E-state index contributed by atoms with van der Waals surface area (Å²) in [7, 11) is 0. The first kappa shape index (κ1) is 18.9. The standard InChI is InChI=1S/C20H24N6OS/c1-15-6-8-16(9-7-15)12-26-19-18(23-24-26)20(22-14-21-19)28-13-17(27)25-10-4-2-3-5-11-25/h6-9,14H,2-5,10-13H2,1H3. The second kappa shape index (κ2) is 8.68. The van der Waals surface area contributed by atoms with Gasteiger partial charge in [-0.1, -0.05) is 59.6 Å². The lowest BCUT2D eigenvalue weighted by Gasteiger charge is -2.19. The molecule has 3 aromatic rings. The van der Waals surface area contributed by atoms with Gasteiger partial charge in [0.15, 0.2) is 11.2 Å². The van der Waals surface area contributed by atoms with Gasteiger partial charge in [-0.15, -0.1) is 5.10 Å². The van der Waals surface area contributed by atoms with Gasteiger partial charge in [0.1, 0.15) is 11.4 Å². The SMILES string of the molecule is Cc1ccc(Cn2nnc3c(SCC(=O)N4CCCCCC4)ncnc32)cc1. The molecule has 1 amide bonds. The second-order valence-corrected chi connectivity index (χ2v) is 8.13. The van der Waals surface area contributed by atoms with E-state index in [1.807, 2.05) is 4.90 Å². The Labute approximate surface area is 168 Å². The van der Waals surface area contributed by atoms with E-state index in [1.165, 1.54) is 36.5 Å². The number of fused-ring (bicyclic) bond motifs is 1. The van der Waals surface area contributed by atoms with Crippen LogP contribution in [0.4, 0.5) is 0 Å². The van der Waals surface area contributed by atoms with Crippen molar-refractivity contribution in [3.63, 3.8) is 0 Å². The van der Waals surface area contributed by atoms with E-state index in [9.17, 15) is 4.79 Å². The lowest BCUT2D eigenvalue weighted by molar-refractivity contribution is -0.128. The van der Waals surface area contributed by atoms with E-state index in [0.29, 0.717) is 28.5 Å². The highest BCUT2D eigenvalue weighted by Gasteiger charge is 2.18. The third-order valence-corrected chi connectivity index (χ3v) is 5.97. The minimum atomic E-state index is 0.172. The predicted octanol–water partition coefficient (Wildman–Crippen LogP) is 3.07. The van der Waals surface area contributed by atoms with Gasteiger partial charge in [0, 0.05) is 13.1 Å². The summed E-state index contributed by atoms with van der Waals surface area (Å²) in [6, 6.07) is 8.33. The topological polar surface area (TPSA) is 76.8 Å². The zero-order valence-corrected chi connectivity index (χ0v) is 16.9. The number of aryl methyl sites for hydroxylation is 1. The molecule has 1 aliphatic heterocycles. The van der Waals surface area contributed by atoms with Crippen molar-refractivity contribution in [2.45, 2.75) is 44.2 Å². The number of likely N-dealkylation sites (tertiary alicyclic amines) is 1. The number of benzene rings is 1. The number of carbonyl (C=O) groups is 1. The molecule has 0 unspecified atom stereocenters. The number of hydrogen-bond donors (Lipinski definition) is 0. The smallest absolute Gasteiger partial charge is 0.232 e. The van der Waals surface area contributed by atoms with Gasteiger partial charge in [-0.05, 0) is 25.3 Å². The molecule has 1 saturated heterocycles. The monoisotopic (exact) mass is 396 g/mol. The molecule has 4 rings (SSSR count). The number of aromatic nitrogens is 5. The third-order valence-electron chi connectivity index (χ3n) is 5.01. The van der Waals surface area contributed by atoms with Crippen LogP contribution in [0.5, 0.6) is 0 Å². The average Bonchev–Trinajstić information content (AvgIpc) is 2.93. The summed E-state index contributed by atoms with van der Waals surface area (Å²) in [5.41, 5.74) is 3.72. The summed E-state index contributed by atoms with van der Waals surface area (Å²) >= 11 is 1.42. The number of rotatable bonds is 5. The van der Waals surface area contributed by atoms with Crippen molar-refractivity contribution < 1.29 is 4.79 Å². The Balaban J connectivity index is 1.47. The molecule has 1 aromatic carbocycles. The van der Waals surface area contributed by atoms with Crippen LogP contribution >= 0.6 is 11.8 Å². The molecule has 0 N–H and O–H groups in total. The van der Waals surface area contributed by atoms with Gasteiger partial charge < -0.3 is 4.90 Å². The Hall–Kier alpha value is -2.48. The van der Waals surface area contributed by atoms with Gasteiger partial charge in [0.2, 0.25) is 5.91 Å². The lowest BCUT2D eigenvalue weighted by Crippen LogP contribution is -2.33. The number of thioether (sulfide) groups is 1.